The molecule has 4 aromatic rings. The summed E-state index contributed by atoms with van der Waals surface area (Å²) in [6.07, 6.45) is 1.62. The molecule has 1 aliphatic heterocycles. The van der Waals surface area contributed by atoms with Crippen molar-refractivity contribution in [3.8, 4) is 17.3 Å². The predicted octanol–water partition coefficient (Wildman–Crippen LogP) is 4.02. The summed E-state index contributed by atoms with van der Waals surface area (Å²) in [5.41, 5.74) is 3.67. The summed E-state index contributed by atoms with van der Waals surface area (Å²) in [5.74, 6) is 0.0214. The van der Waals surface area contributed by atoms with E-state index in [0.717, 1.165) is 58.7 Å². The molecule has 37 heavy (non-hydrogen) atoms. The average Bonchev–Trinajstić information content (AvgIpc) is 3.65. The van der Waals surface area contributed by atoms with E-state index in [1.165, 1.54) is 22.7 Å². The van der Waals surface area contributed by atoms with Gasteiger partial charge >= 0.3 is 5.97 Å². The monoisotopic (exact) mass is 536 g/mol. The van der Waals surface area contributed by atoms with E-state index in [-0.39, 0.29) is 12.6 Å². The lowest BCUT2D eigenvalue weighted by molar-refractivity contribution is -0.138. The maximum atomic E-state index is 11.1. The molecule has 3 aromatic heterocycles. The molecular formula is C25H28N8O2S2. The van der Waals surface area contributed by atoms with Crippen molar-refractivity contribution in [3.05, 3.63) is 40.4 Å². The number of hydrogen-bond donors (Lipinski definition) is 1. The molecule has 1 atom stereocenters. The SMILES string of the molecule is CCc1nc2sc(N3CCC(N(C)CC(=O)O)C3)nn2c1N(C)c1nc(-c2ccc(C)cc2)c(C#N)s1. The summed E-state index contributed by atoms with van der Waals surface area (Å²) >= 11 is 2.89. The Bertz CT molecular complexity index is 1480. The van der Waals surface area contributed by atoms with Gasteiger partial charge in [-0.05, 0) is 26.8 Å². The third kappa shape index (κ3) is 4.77. The molecule has 1 aromatic carbocycles. The molecule has 4 heterocycles. The Kier molecular flexibility index (Phi) is 6.85. The fourth-order valence-electron chi connectivity index (χ4n) is 4.61. The van der Waals surface area contributed by atoms with Crippen LogP contribution >= 0.6 is 22.7 Å². The van der Waals surface area contributed by atoms with Crippen LogP contribution in [-0.2, 0) is 11.2 Å². The number of likely N-dealkylation sites (N-methyl/N-ethyl adjacent to an activating group) is 1. The van der Waals surface area contributed by atoms with Crippen LogP contribution in [0.1, 0.15) is 29.5 Å². The fraction of sp³-hybridized carbons (Fsp3) is 0.400. The number of nitrogens with zero attached hydrogens (tertiary/aromatic N) is 8. The minimum absolute atomic E-state index is 0.0254. The van der Waals surface area contributed by atoms with Crippen molar-refractivity contribution in [3.63, 3.8) is 0 Å². The van der Waals surface area contributed by atoms with Gasteiger partial charge in [0.25, 0.3) is 0 Å². The second-order valence-electron chi connectivity index (χ2n) is 9.22. The van der Waals surface area contributed by atoms with E-state index in [9.17, 15) is 10.1 Å². The van der Waals surface area contributed by atoms with Crippen molar-refractivity contribution >= 4 is 49.7 Å². The quantitative estimate of drug-likeness (QED) is 0.357. The van der Waals surface area contributed by atoms with Gasteiger partial charge in [-0.1, -0.05) is 59.4 Å². The first-order chi connectivity index (χ1) is 17.8. The second-order valence-corrected chi connectivity index (χ2v) is 11.1. The van der Waals surface area contributed by atoms with E-state index in [1.54, 1.807) is 0 Å². The Morgan fingerprint density at radius 1 is 1.24 bits per heavy atom. The van der Waals surface area contributed by atoms with Crippen molar-refractivity contribution in [1.29, 1.82) is 5.26 Å². The number of carboxylic acid groups (broad SMARTS) is 1. The number of anilines is 3. The van der Waals surface area contributed by atoms with Crippen LogP contribution in [0.4, 0.5) is 16.1 Å². The van der Waals surface area contributed by atoms with Gasteiger partial charge in [0.1, 0.15) is 16.6 Å². The number of thiazole rings is 1. The zero-order valence-electron chi connectivity index (χ0n) is 21.2. The molecule has 1 N–H and O–H groups in total. The smallest absolute Gasteiger partial charge is 0.317 e. The molecule has 0 aliphatic carbocycles. The van der Waals surface area contributed by atoms with E-state index >= 15 is 0 Å². The zero-order valence-corrected chi connectivity index (χ0v) is 22.8. The molecule has 0 bridgehead atoms. The van der Waals surface area contributed by atoms with Gasteiger partial charge in [-0.3, -0.25) is 9.69 Å². The molecule has 10 nitrogen and oxygen atoms in total. The normalized spacial score (nSPS) is 15.6. The molecule has 0 spiro atoms. The molecule has 0 amide bonds. The topological polar surface area (TPSA) is 114 Å². The van der Waals surface area contributed by atoms with Crippen LogP contribution in [0.3, 0.4) is 0 Å². The highest BCUT2D eigenvalue weighted by molar-refractivity contribution is 7.20. The van der Waals surface area contributed by atoms with Gasteiger partial charge < -0.3 is 14.9 Å². The Balaban J connectivity index is 1.46. The highest BCUT2D eigenvalue weighted by Crippen LogP contribution is 2.38. The van der Waals surface area contributed by atoms with Gasteiger partial charge in [0, 0.05) is 31.7 Å². The number of hydrogen-bond acceptors (Lipinski definition) is 10. The molecule has 0 radical (unpaired) electrons. The first kappa shape index (κ1) is 25.1. The van der Waals surface area contributed by atoms with Crippen molar-refractivity contribution in [1.82, 2.24) is 24.5 Å². The summed E-state index contributed by atoms with van der Waals surface area (Å²) < 4.78 is 1.87. The number of rotatable bonds is 8. The number of aliphatic carboxylic acids is 1. The van der Waals surface area contributed by atoms with E-state index in [2.05, 4.69) is 17.9 Å². The Morgan fingerprint density at radius 2 is 2.00 bits per heavy atom. The zero-order chi connectivity index (χ0) is 26.3. The molecule has 12 heteroatoms. The number of carbonyl (C=O) groups is 1. The van der Waals surface area contributed by atoms with E-state index in [1.807, 2.05) is 59.6 Å². The summed E-state index contributed by atoms with van der Waals surface area (Å²) in [7, 11) is 3.79. The van der Waals surface area contributed by atoms with Crippen molar-refractivity contribution in [2.75, 3.05) is 43.5 Å². The van der Waals surface area contributed by atoms with Crippen LogP contribution in [0.15, 0.2) is 24.3 Å². The van der Waals surface area contributed by atoms with Crippen molar-refractivity contribution in [2.24, 2.45) is 0 Å². The van der Waals surface area contributed by atoms with E-state index in [0.29, 0.717) is 15.7 Å². The molecule has 5 rings (SSSR count). The number of nitriles is 1. The van der Waals surface area contributed by atoms with Crippen molar-refractivity contribution in [2.45, 2.75) is 32.7 Å². The molecule has 1 aliphatic rings. The number of fused-ring (bicyclic) bond motifs is 1. The van der Waals surface area contributed by atoms with Gasteiger partial charge in [-0.2, -0.15) is 9.78 Å². The maximum Gasteiger partial charge on any atom is 0.317 e. The van der Waals surface area contributed by atoms with Gasteiger partial charge in [-0.25, -0.2) is 9.97 Å². The van der Waals surface area contributed by atoms with Crippen LogP contribution in [0.2, 0.25) is 0 Å². The fourth-order valence-corrected chi connectivity index (χ4v) is 6.41. The standard InChI is InChI=1S/C25H28N8O2S2/c1-5-18-22(31(4)23-28-21(19(12-26)36-23)16-8-6-15(2)7-9-16)33-24(27-18)37-25(29-33)32-11-10-17(13-32)30(3)14-20(34)35/h6-9,17H,5,10-11,13-14H2,1-4H3,(H,34,35). The van der Waals surface area contributed by atoms with Gasteiger partial charge in [0.05, 0.1) is 12.2 Å². The summed E-state index contributed by atoms with van der Waals surface area (Å²) in [6, 6.07) is 10.5. The van der Waals surface area contributed by atoms with E-state index < -0.39 is 5.97 Å². The first-order valence-corrected chi connectivity index (χ1v) is 13.7. The van der Waals surface area contributed by atoms with Gasteiger partial charge in [0.15, 0.2) is 10.9 Å². The van der Waals surface area contributed by atoms with Crippen LogP contribution in [-0.4, -0.2) is 75.3 Å². The predicted molar refractivity (Wildman–Crippen MR) is 146 cm³/mol. The number of carboxylic acids is 1. The number of benzene rings is 1. The summed E-state index contributed by atoms with van der Waals surface area (Å²) in [6.45, 7) is 5.66. The van der Waals surface area contributed by atoms with Crippen molar-refractivity contribution < 1.29 is 9.90 Å². The molecule has 192 valence electrons. The lowest BCUT2D eigenvalue weighted by atomic mass is 10.1. The number of aryl methyl sites for hydroxylation is 2. The number of aromatic nitrogens is 4. The maximum absolute atomic E-state index is 11.1. The first-order valence-electron chi connectivity index (χ1n) is 12.1. The second kappa shape index (κ2) is 10.1. The van der Waals surface area contributed by atoms with Crippen LogP contribution in [0.25, 0.3) is 16.2 Å². The minimum atomic E-state index is -0.819. The van der Waals surface area contributed by atoms with E-state index in [4.69, 9.17) is 20.2 Å². The highest BCUT2D eigenvalue weighted by Gasteiger charge is 2.30. The van der Waals surface area contributed by atoms with Crippen LogP contribution in [0, 0.1) is 18.3 Å². The highest BCUT2D eigenvalue weighted by atomic mass is 32.1. The van der Waals surface area contributed by atoms with Gasteiger partial charge in [0.2, 0.25) is 10.1 Å². The summed E-state index contributed by atoms with van der Waals surface area (Å²) in [5, 5.41) is 25.4. The molecule has 1 saturated heterocycles. The lowest BCUT2D eigenvalue weighted by Crippen LogP contribution is -2.37. The Labute approximate surface area is 223 Å². The lowest BCUT2D eigenvalue weighted by Gasteiger charge is -2.22. The Morgan fingerprint density at radius 3 is 2.68 bits per heavy atom. The molecule has 1 unspecified atom stereocenters. The third-order valence-electron chi connectivity index (χ3n) is 6.66. The Hall–Kier alpha value is -3.53. The third-order valence-corrected chi connectivity index (χ3v) is 8.67. The van der Waals surface area contributed by atoms with Crippen LogP contribution < -0.4 is 9.80 Å². The molecule has 1 fully saturated rings. The molecule has 0 saturated carbocycles. The summed E-state index contributed by atoms with van der Waals surface area (Å²) in [4.78, 5) is 28.2. The minimum Gasteiger partial charge on any atom is -0.480 e. The largest absolute Gasteiger partial charge is 0.480 e. The number of imidazole rings is 1. The van der Waals surface area contributed by atoms with Crippen LogP contribution in [0.5, 0.6) is 0 Å². The molecular weight excluding hydrogens is 508 g/mol. The average molecular weight is 537 g/mol. The van der Waals surface area contributed by atoms with Gasteiger partial charge in [-0.15, -0.1) is 5.10 Å².